The van der Waals surface area contributed by atoms with E-state index < -0.39 is 0 Å². The van der Waals surface area contributed by atoms with Crippen molar-refractivity contribution in [2.45, 2.75) is 26.4 Å². The minimum absolute atomic E-state index is 0.0915. The van der Waals surface area contributed by atoms with Crippen molar-refractivity contribution in [1.82, 2.24) is 34.5 Å². The highest BCUT2D eigenvalue weighted by Gasteiger charge is 2.25. The lowest BCUT2D eigenvalue weighted by Crippen LogP contribution is -2.11. The summed E-state index contributed by atoms with van der Waals surface area (Å²) < 4.78 is 22.9. The van der Waals surface area contributed by atoms with Gasteiger partial charge in [0.1, 0.15) is 29.2 Å². The molecule has 6 rings (SSSR count). The van der Waals surface area contributed by atoms with E-state index >= 15 is 0 Å². The Bertz CT molecular complexity index is 1710. The highest BCUT2D eigenvalue weighted by molar-refractivity contribution is 5.99. The maximum Gasteiger partial charge on any atom is 0.292 e. The number of hydrogen-bond acceptors (Lipinski definition) is 8. The molecule has 0 spiro atoms. The summed E-state index contributed by atoms with van der Waals surface area (Å²) in [5.41, 5.74) is 16.6. The van der Waals surface area contributed by atoms with Gasteiger partial charge in [0.05, 0.1) is 22.6 Å². The van der Waals surface area contributed by atoms with Gasteiger partial charge in [0.15, 0.2) is 11.2 Å². The molecule has 4 aromatic heterocycles. The van der Waals surface area contributed by atoms with Crippen LogP contribution in [-0.2, 0) is 6.54 Å². The molecule has 1 atom stereocenters. The molecule has 0 saturated heterocycles. The lowest BCUT2D eigenvalue weighted by Gasteiger charge is -2.11. The number of hydrogen-bond donors (Lipinski definition) is 2. The van der Waals surface area contributed by atoms with Crippen LogP contribution in [-0.4, -0.2) is 34.5 Å². The smallest absolute Gasteiger partial charge is 0.292 e. The molecule has 0 saturated carbocycles. The summed E-state index contributed by atoms with van der Waals surface area (Å²) in [6.45, 7) is 4.54. The van der Waals surface area contributed by atoms with E-state index in [0.717, 1.165) is 22.2 Å². The van der Waals surface area contributed by atoms with Gasteiger partial charge in [-0.15, -0.1) is 0 Å². The van der Waals surface area contributed by atoms with Crippen LogP contribution in [0.5, 0.6) is 0 Å². The first-order valence-electron chi connectivity index (χ1n) is 10.8. The Hall–Kier alpha value is -4.54. The van der Waals surface area contributed by atoms with Crippen LogP contribution in [0, 0.1) is 5.82 Å². The van der Waals surface area contributed by atoms with E-state index in [-0.39, 0.29) is 17.9 Å². The van der Waals surface area contributed by atoms with Gasteiger partial charge in [0.2, 0.25) is 0 Å². The van der Waals surface area contributed by atoms with Crippen molar-refractivity contribution in [3.63, 3.8) is 0 Å². The Kier molecular flexibility index (Phi) is 4.28. The third-order valence-corrected chi connectivity index (χ3v) is 6.00. The molecule has 0 aliphatic rings. The first kappa shape index (κ1) is 20.1. The zero-order valence-electron chi connectivity index (χ0n) is 18.4. The first-order valence-corrected chi connectivity index (χ1v) is 10.8. The maximum absolute atomic E-state index is 13.9. The molecule has 0 amide bonds. The van der Waals surface area contributed by atoms with Gasteiger partial charge >= 0.3 is 0 Å². The Morgan fingerprint density at radius 1 is 1.09 bits per heavy atom. The summed E-state index contributed by atoms with van der Waals surface area (Å²) in [5, 5.41) is 11.1. The number of nitrogen functional groups attached to an aromatic ring is 2. The van der Waals surface area contributed by atoms with Gasteiger partial charge in [-0.25, -0.2) is 19.0 Å². The molecule has 0 aliphatic heterocycles. The van der Waals surface area contributed by atoms with E-state index in [9.17, 15) is 4.39 Å². The average Bonchev–Trinajstić information content (AvgIpc) is 3.50. The molecule has 1 unspecified atom stereocenters. The van der Waals surface area contributed by atoms with Gasteiger partial charge in [-0.1, -0.05) is 0 Å². The quantitative estimate of drug-likeness (QED) is 0.406. The SMILES string of the molecule is CCn1nc(C(C)n2nc(-c3ccc4oc(N)nc4c3)c3c(N)ncnc32)c2ccc(F)cc21. The van der Waals surface area contributed by atoms with E-state index in [0.29, 0.717) is 40.2 Å². The first-order chi connectivity index (χ1) is 16.4. The highest BCUT2D eigenvalue weighted by atomic mass is 19.1. The zero-order chi connectivity index (χ0) is 23.6. The Morgan fingerprint density at radius 2 is 1.94 bits per heavy atom. The second-order valence-electron chi connectivity index (χ2n) is 8.02. The number of oxazole rings is 1. The molecule has 34 heavy (non-hydrogen) atoms. The Balaban J connectivity index is 1.57. The number of nitrogens with zero attached hydrogens (tertiary/aromatic N) is 7. The standard InChI is InChI=1S/C23H20FN9O/c1-3-32-16-9-13(24)5-6-14(16)19(30-32)11(2)33-22-18(21(25)27-10-28-22)20(31-33)12-4-7-17-15(8-12)29-23(26)34-17/h4-11H,3H2,1-2H3,(H2,26,29)(H2,25,27,28). The number of anilines is 2. The van der Waals surface area contributed by atoms with E-state index in [4.69, 9.17) is 26.1 Å². The van der Waals surface area contributed by atoms with Crippen molar-refractivity contribution < 1.29 is 8.81 Å². The predicted molar refractivity (Wildman–Crippen MR) is 126 cm³/mol. The van der Waals surface area contributed by atoms with Gasteiger partial charge in [-0.05, 0) is 50.2 Å². The molecule has 0 fully saturated rings. The molecule has 2 aromatic carbocycles. The molecular weight excluding hydrogens is 437 g/mol. The monoisotopic (exact) mass is 457 g/mol. The van der Waals surface area contributed by atoms with Crippen molar-refractivity contribution >= 4 is 44.9 Å². The van der Waals surface area contributed by atoms with Gasteiger partial charge in [-0.2, -0.15) is 15.2 Å². The fourth-order valence-corrected chi connectivity index (χ4v) is 4.40. The number of fused-ring (bicyclic) bond motifs is 3. The van der Waals surface area contributed by atoms with Crippen molar-refractivity contribution in [1.29, 1.82) is 0 Å². The molecular formula is C23H20FN9O. The van der Waals surface area contributed by atoms with Gasteiger partial charge in [-0.3, -0.25) is 4.68 Å². The fourth-order valence-electron chi connectivity index (χ4n) is 4.40. The minimum atomic E-state index is -0.322. The van der Waals surface area contributed by atoms with Crippen molar-refractivity contribution in [3.8, 4) is 11.3 Å². The number of aryl methyl sites for hydroxylation is 1. The molecule has 6 aromatic rings. The summed E-state index contributed by atoms with van der Waals surface area (Å²) in [4.78, 5) is 12.9. The molecule has 0 bridgehead atoms. The second-order valence-corrected chi connectivity index (χ2v) is 8.02. The topological polar surface area (TPSA) is 139 Å². The average molecular weight is 457 g/mol. The van der Waals surface area contributed by atoms with Crippen LogP contribution in [0.4, 0.5) is 16.2 Å². The van der Waals surface area contributed by atoms with Crippen LogP contribution in [0.3, 0.4) is 0 Å². The Morgan fingerprint density at radius 3 is 2.76 bits per heavy atom. The third kappa shape index (κ3) is 2.90. The molecule has 170 valence electrons. The fraction of sp³-hybridized carbons (Fsp3) is 0.174. The zero-order valence-corrected chi connectivity index (χ0v) is 18.4. The number of aromatic nitrogens is 7. The molecule has 4 heterocycles. The van der Waals surface area contributed by atoms with Gasteiger partial charge in [0.25, 0.3) is 6.01 Å². The molecule has 10 nitrogen and oxygen atoms in total. The second kappa shape index (κ2) is 7.24. The van der Waals surface area contributed by atoms with Crippen molar-refractivity contribution in [3.05, 3.63) is 54.2 Å². The number of rotatable bonds is 4. The molecule has 4 N–H and O–H groups in total. The van der Waals surface area contributed by atoms with Crippen molar-refractivity contribution in [2.75, 3.05) is 11.5 Å². The highest BCUT2D eigenvalue weighted by Crippen LogP contribution is 2.35. The molecule has 0 aliphatic carbocycles. The predicted octanol–water partition coefficient (Wildman–Crippen LogP) is 3.92. The summed E-state index contributed by atoms with van der Waals surface area (Å²) in [6.07, 6.45) is 1.41. The van der Waals surface area contributed by atoms with Crippen LogP contribution in [0.25, 0.3) is 44.3 Å². The lowest BCUT2D eigenvalue weighted by molar-refractivity contribution is 0.551. The summed E-state index contributed by atoms with van der Waals surface area (Å²) in [7, 11) is 0. The maximum atomic E-state index is 13.9. The van der Waals surface area contributed by atoms with Crippen LogP contribution < -0.4 is 11.5 Å². The van der Waals surface area contributed by atoms with E-state index in [1.807, 2.05) is 26.0 Å². The van der Waals surface area contributed by atoms with Crippen LogP contribution in [0.2, 0.25) is 0 Å². The van der Waals surface area contributed by atoms with Crippen LogP contribution in [0.15, 0.2) is 47.1 Å². The Labute approximate surface area is 192 Å². The van der Waals surface area contributed by atoms with Crippen molar-refractivity contribution in [2.24, 2.45) is 0 Å². The largest absolute Gasteiger partial charge is 0.424 e. The van der Waals surface area contributed by atoms with E-state index in [1.54, 1.807) is 21.5 Å². The van der Waals surface area contributed by atoms with Gasteiger partial charge in [0, 0.05) is 17.5 Å². The molecule has 11 heteroatoms. The lowest BCUT2D eigenvalue weighted by atomic mass is 10.1. The summed E-state index contributed by atoms with van der Waals surface area (Å²) >= 11 is 0. The number of nitrogens with two attached hydrogens (primary N) is 2. The van der Waals surface area contributed by atoms with Gasteiger partial charge < -0.3 is 15.9 Å². The van der Waals surface area contributed by atoms with Crippen LogP contribution >= 0.6 is 0 Å². The van der Waals surface area contributed by atoms with Crippen LogP contribution in [0.1, 0.15) is 25.6 Å². The third-order valence-electron chi connectivity index (χ3n) is 6.00. The normalized spacial score (nSPS) is 12.8. The van der Waals surface area contributed by atoms with E-state index in [2.05, 4.69) is 15.0 Å². The van der Waals surface area contributed by atoms with E-state index in [1.165, 1.54) is 18.5 Å². The summed E-state index contributed by atoms with van der Waals surface area (Å²) in [5.74, 6) is 0.00163. The number of halogens is 1. The minimum Gasteiger partial charge on any atom is -0.424 e. The number of benzene rings is 2. The summed E-state index contributed by atoms with van der Waals surface area (Å²) in [6, 6.07) is 9.93. The molecule has 0 radical (unpaired) electrons.